The normalized spacial score (nSPS) is 12.2. The van der Waals surface area contributed by atoms with Gasteiger partial charge in [0.1, 0.15) is 5.83 Å². The van der Waals surface area contributed by atoms with E-state index >= 15 is 0 Å². The summed E-state index contributed by atoms with van der Waals surface area (Å²) in [7, 11) is 0. The molecule has 1 aromatic heterocycles. The first-order chi connectivity index (χ1) is 12.9. The van der Waals surface area contributed by atoms with Crippen molar-refractivity contribution >= 4 is 5.57 Å². The molecule has 0 aliphatic carbocycles. The van der Waals surface area contributed by atoms with Gasteiger partial charge in [0, 0.05) is 12.6 Å². The smallest absolute Gasteiger partial charge is 0.100 e. The molecule has 0 spiro atoms. The lowest BCUT2D eigenvalue weighted by Gasteiger charge is -2.10. The fourth-order valence-electron chi connectivity index (χ4n) is 2.46. The monoisotopic (exact) mass is 375 g/mol. The number of aryl methyl sites for hydroxylation is 1. The van der Waals surface area contributed by atoms with Gasteiger partial charge in [0.05, 0.1) is 5.69 Å². The van der Waals surface area contributed by atoms with E-state index in [4.69, 9.17) is 0 Å². The van der Waals surface area contributed by atoms with Gasteiger partial charge >= 0.3 is 0 Å². The molecule has 0 atom stereocenters. The first-order valence-corrected chi connectivity index (χ1v) is 10.6. The van der Waals surface area contributed by atoms with Crippen LogP contribution in [-0.4, -0.2) is 4.98 Å². The zero-order chi connectivity index (χ0) is 21.2. The average Bonchev–Trinajstić information content (AvgIpc) is 2.65. The van der Waals surface area contributed by atoms with Gasteiger partial charge in [-0.05, 0) is 67.9 Å². The number of allylic oxidation sites excluding steroid dienone is 6. The summed E-state index contributed by atoms with van der Waals surface area (Å²) in [6.07, 6.45) is 11.3. The van der Waals surface area contributed by atoms with Gasteiger partial charge < -0.3 is 0 Å². The molecule has 1 heterocycles. The maximum Gasteiger partial charge on any atom is 0.100 e. The minimum Gasteiger partial charge on any atom is -0.256 e. The van der Waals surface area contributed by atoms with Gasteiger partial charge in [-0.2, -0.15) is 0 Å². The van der Waals surface area contributed by atoms with Crippen LogP contribution in [0.1, 0.15) is 92.3 Å². The Morgan fingerprint density at radius 2 is 1.74 bits per heavy atom. The van der Waals surface area contributed by atoms with Crippen LogP contribution in [0.25, 0.3) is 5.57 Å². The van der Waals surface area contributed by atoms with Crippen molar-refractivity contribution in [1.82, 2.24) is 4.98 Å². The van der Waals surface area contributed by atoms with Crippen molar-refractivity contribution in [2.45, 2.75) is 88.0 Å². The van der Waals surface area contributed by atoms with Crippen LogP contribution in [0.15, 0.2) is 48.0 Å². The Hall–Kier alpha value is -1.70. The maximum absolute atomic E-state index is 14.1. The summed E-state index contributed by atoms with van der Waals surface area (Å²) in [5, 5.41) is 0. The van der Waals surface area contributed by atoms with E-state index in [1.807, 2.05) is 67.7 Å². The highest BCUT2D eigenvalue weighted by Crippen LogP contribution is 2.25. The Bertz CT molecular complexity index is 562. The fourth-order valence-corrected chi connectivity index (χ4v) is 2.46. The van der Waals surface area contributed by atoms with E-state index in [0.717, 1.165) is 41.7 Å². The summed E-state index contributed by atoms with van der Waals surface area (Å²) in [6, 6.07) is 4.09. The van der Waals surface area contributed by atoms with Gasteiger partial charge in [0.25, 0.3) is 0 Å². The molecule has 0 unspecified atom stereocenters. The van der Waals surface area contributed by atoms with Crippen molar-refractivity contribution in [3.63, 3.8) is 0 Å². The van der Waals surface area contributed by atoms with Crippen molar-refractivity contribution in [3.05, 3.63) is 59.2 Å². The summed E-state index contributed by atoms with van der Waals surface area (Å²) in [5.74, 6) is 0.277. The van der Waals surface area contributed by atoms with E-state index in [1.54, 1.807) is 6.08 Å². The van der Waals surface area contributed by atoms with Crippen molar-refractivity contribution in [1.29, 1.82) is 0 Å². The van der Waals surface area contributed by atoms with Crippen LogP contribution < -0.4 is 0 Å². The molecule has 0 saturated carbocycles. The second-order valence-corrected chi connectivity index (χ2v) is 6.49. The van der Waals surface area contributed by atoms with Crippen molar-refractivity contribution < 1.29 is 4.39 Å². The summed E-state index contributed by atoms with van der Waals surface area (Å²) in [5.41, 5.74) is 4.19. The molecule has 0 bridgehead atoms. The molecule has 0 aliphatic heterocycles. The first kappa shape index (κ1) is 27.5. The lowest BCUT2D eigenvalue weighted by molar-refractivity contribution is 0.515. The summed E-state index contributed by atoms with van der Waals surface area (Å²) in [6.45, 7) is 18.2. The van der Waals surface area contributed by atoms with E-state index in [9.17, 15) is 4.39 Å². The standard InChI is InChI=1S/C21H30FN.2C2H6/c1-6-7-8-9-10-20(21-12-11-17(4)15-23-21)18(5)14-19(22)13-16(2)3;2*1-2/h7-8,11-12,14-16H,6,9-10,13H2,1-5H3;2*1-2H3/b8-7?,19-14+,20-18+;;. The zero-order valence-corrected chi connectivity index (χ0v) is 19.2. The predicted octanol–water partition coefficient (Wildman–Crippen LogP) is 8.86. The van der Waals surface area contributed by atoms with Gasteiger partial charge in [-0.3, -0.25) is 4.98 Å². The maximum atomic E-state index is 14.1. The van der Waals surface area contributed by atoms with Crippen molar-refractivity contribution in [3.8, 4) is 0 Å². The minimum absolute atomic E-state index is 0.0498. The van der Waals surface area contributed by atoms with E-state index in [-0.39, 0.29) is 5.83 Å². The van der Waals surface area contributed by atoms with E-state index < -0.39 is 0 Å². The van der Waals surface area contributed by atoms with Crippen molar-refractivity contribution in [2.75, 3.05) is 0 Å². The Morgan fingerprint density at radius 1 is 1.11 bits per heavy atom. The quantitative estimate of drug-likeness (QED) is 0.326. The number of pyridine rings is 1. The minimum atomic E-state index is -0.0498. The van der Waals surface area contributed by atoms with Crippen LogP contribution >= 0.6 is 0 Å². The molecule has 0 fully saturated rings. The summed E-state index contributed by atoms with van der Waals surface area (Å²) < 4.78 is 14.1. The van der Waals surface area contributed by atoms with Crippen LogP contribution in [0.3, 0.4) is 0 Å². The molecule has 0 aliphatic rings. The highest BCUT2D eigenvalue weighted by atomic mass is 19.1. The molecule has 0 radical (unpaired) electrons. The van der Waals surface area contributed by atoms with Crippen LogP contribution in [0.5, 0.6) is 0 Å². The summed E-state index contributed by atoms with van der Waals surface area (Å²) >= 11 is 0. The number of rotatable bonds is 8. The number of halogens is 1. The molecule has 1 nitrogen and oxygen atoms in total. The first-order valence-electron chi connectivity index (χ1n) is 10.6. The van der Waals surface area contributed by atoms with Gasteiger partial charge in [0.15, 0.2) is 0 Å². The molecule has 1 aromatic rings. The lowest BCUT2D eigenvalue weighted by Crippen LogP contribution is -1.94. The number of aromatic nitrogens is 1. The predicted molar refractivity (Wildman–Crippen MR) is 122 cm³/mol. The fraction of sp³-hybridized carbons (Fsp3) is 0.560. The molecule has 1 rings (SSSR count). The number of hydrogen-bond donors (Lipinski definition) is 0. The second kappa shape index (κ2) is 17.7. The van der Waals surface area contributed by atoms with Crippen LogP contribution in [0.4, 0.5) is 4.39 Å². The molecule has 154 valence electrons. The Balaban J connectivity index is 0. The average molecular weight is 376 g/mol. The van der Waals surface area contributed by atoms with E-state index in [2.05, 4.69) is 30.1 Å². The molecule has 0 N–H and O–H groups in total. The molecule has 2 heteroatoms. The molecular weight excluding hydrogens is 333 g/mol. The van der Waals surface area contributed by atoms with E-state index in [1.165, 1.54) is 0 Å². The molecule has 0 aromatic carbocycles. The zero-order valence-electron chi connectivity index (χ0n) is 19.2. The summed E-state index contributed by atoms with van der Waals surface area (Å²) in [4.78, 5) is 4.53. The lowest BCUT2D eigenvalue weighted by atomic mass is 9.98. The number of nitrogens with zero attached hydrogens (tertiary/aromatic N) is 1. The SMILES string of the molecule is CC.CC.CCC=CCC/C(=C(C)\C=C(\F)CC(C)C)c1ccc(C)cn1. The van der Waals surface area contributed by atoms with Crippen LogP contribution in [0, 0.1) is 12.8 Å². The Kier molecular flexibility index (Phi) is 18.0. The van der Waals surface area contributed by atoms with Gasteiger partial charge in [-0.1, -0.05) is 66.7 Å². The third kappa shape index (κ3) is 13.2. The van der Waals surface area contributed by atoms with Crippen molar-refractivity contribution in [2.24, 2.45) is 5.92 Å². The molecule has 0 saturated heterocycles. The third-order valence-corrected chi connectivity index (χ3v) is 3.64. The highest BCUT2D eigenvalue weighted by Gasteiger charge is 2.08. The van der Waals surface area contributed by atoms with E-state index in [0.29, 0.717) is 12.3 Å². The third-order valence-electron chi connectivity index (χ3n) is 3.64. The second-order valence-electron chi connectivity index (χ2n) is 6.49. The Labute approximate surface area is 168 Å². The largest absolute Gasteiger partial charge is 0.256 e. The van der Waals surface area contributed by atoms with Gasteiger partial charge in [-0.25, -0.2) is 4.39 Å². The molecular formula is C25H42FN. The highest BCUT2D eigenvalue weighted by molar-refractivity contribution is 5.68. The van der Waals surface area contributed by atoms with Crippen LogP contribution in [-0.2, 0) is 0 Å². The molecule has 27 heavy (non-hydrogen) atoms. The molecule has 0 amide bonds. The van der Waals surface area contributed by atoms with Gasteiger partial charge in [0.2, 0.25) is 0 Å². The topological polar surface area (TPSA) is 12.9 Å². The van der Waals surface area contributed by atoms with Gasteiger partial charge in [-0.15, -0.1) is 0 Å². The van der Waals surface area contributed by atoms with Crippen LogP contribution in [0.2, 0.25) is 0 Å². The Morgan fingerprint density at radius 3 is 2.22 bits per heavy atom. The number of hydrogen-bond acceptors (Lipinski definition) is 1.